The number of ether oxygens (including phenoxy) is 1. The van der Waals surface area contributed by atoms with Crippen LogP contribution in [0.2, 0.25) is 0 Å². The topological polar surface area (TPSA) is 71.8 Å². The molecule has 3 rings (SSSR count). The molecule has 0 unspecified atom stereocenters. The minimum Gasteiger partial charge on any atom is -0.495 e. The Morgan fingerprint density at radius 2 is 1.56 bits per heavy atom. The van der Waals surface area contributed by atoms with Gasteiger partial charge in [-0.3, -0.25) is 9.59 Å². The van der Waals surface area contributed by atoms with Crippen LogP contribution in [0.1, 0.15) is 31.8 Å². The van der Waals surface area contributed by atoms with Crippen LogP contribution in [0.3, 0.4) is 0 Å². The van der Waals surface area contributed by atoms with E-state index in [1.807, 2.05) is 0 Å². The molecule has 0 radical (unpaired) electrons. The van der Waals surface area contributed by atoms with Gasteiger partial charge in [0.1, 0.15) is 5.75 Å². The molecule has 32 heavy (non-hydrogen) atoms. The summed E-state index contributed by atoms with van der Waals surface area (Å²) in [6.07, 6.45) is 10.9. The maximum absolute atomic E-state index is 13.1. The predicted molar refractivity (Wildman–Crippen MR) is 124 cm³/mol. The van der Waals surface area contributed by atoms with Gasteiger partial charge in [-0.2, -0.15) is 0 Å². The van der Waals surface area contributed by atoms with E-state index in [1.54, 1.807) is 30.3 Å². The number of carbonyl (C=O) groups excluding carboxylic acids is 2. The van der Waals surface area contributed by atoms with E-state index in [1.165, 1.54) is 37.4 Å². The second-order valence-corrected chi connectivity index (χ2v) is 6.53. The average molecular weight is 419 g/mol. The summed E-state index contributed by atoms with van der Waals surface area (Å²) in [6.45, 7) is 7.02. The molecule has 0 atom stereocenters. The Kier molecular flexibility index (Phi) is 6.56. The minimum atomic E-state index is -0.493. The average Bonchev–Trinajstić information content (AvgIpc) is 2.84. The van der Waals surface area contributed by atoms with Gasteiger partial charge in [0, 0.05) is 22.4 Å². The van der Waals surface area contributed by atoms with Gasteiger partial charge in [0.05, 0.1) is 24.9 Å². The molecule has 0 aromatic heterocycles. The third-order valence-corrected chi connectivity index (χ3v) is 4.54. The number of hydrogen-bond donors (Lipinski definition) is 2. The summed E-state index contributed by atoms with van der Waals surface area (Å²) in [7, 11) is 1.41. The van der Waals surface area contributed by atoms with Crippen molar-refractivity contribution in [1.82, 2.24) is 0 Å². The van der Waals surface area contributed by atoms with Crippen molar-refractivity contribution in [1.29, 1.82) is 0 Å². The van der Waals surface area contributed by atoms with Crippen LogP contribution in [0, 0.1) is 31.3 Å². The van der Waals surface area contributed by atoms with Crippen LogP contribution >= 0.6 is 0 Å². The lowest BCUT2D eigenvalue weighted by Gasteiger charge is -2.16. The number of amides is 2. The lowest BCUT2D eigenvalue weighted by atomic mass is 10.1. The van der Waals surface area contributed by atoms with Crippen molar-refractivity contribution < 1.29 is 14.3 Å². The Labute approximate surface area is 186 Å². The van der Waals surface area contributed by atoms with E-state index >= 15 is 0 Å². The zero-order chi connectivity index (χ0) is 23.1. The van der Waals surface area contributed by atoms with Crippen LogP contribution in [0.15, 0.2) is 60.7 Å². The second kappa shape index (κ2) is 9.67. The molecular weight excluding hydrogens is 402 g/mol. The van der Waals surface area contributed by atoms with Crippen molar-refractivity contribution in [3.63, 3.8) is 0 Å². The van der Waals surface area contributed by atoms with Gasteiger partial charge in [-0.25, -0.2) is 4.85 Å². The molecule has 0 aliphatic heterocycles. The van der Waals surface area contributed by atoms with Gasteiger partial charge in [-0.05, 0) is 36.4 Å². The van der Waals surface area contributed by atoms with Crippen LogP contribution in [-0.2, 0) is 0 Å². The maximum Gasteiger partial charge on any atom is 0.257 e. The first-order valence-corrected chi connectivity index (χ1v) is 9.34. The molecule has 3 aromatic rings. The van der Waals surface area contributed by atoms with Crippen LogP contribution < -0.4 is 15.4 Å². The van der Waals surface area contributed by atoms with Gasteiger partial charge in [0.25, 0.3) is 11.8 Å². The largest absolute Gasteiger partial charge is 0.495 e. The highest BCUT2D eigenvalue weighted by Crippen LogP contribution is 2.32. The molecule has 0 saturated heterocycles. The van der Waals surface area contributed by atoms with E-state index in [0.29, 0.717) is 28.1 Å². The Morgan fingerprint density at radius 3 is 2.12 bits per heavy atom. The normalized spacial score (nSPS) is 9.56. The SMILES string of the molecule is [C-]#[N+]c1ccc(C(=O)Nc2c(OC)cc(C#C)cc2C(=O)Nc2ccc(C#C)cc2)cc1. The Balaban J connectivity index is 1.97. The molecule has 6 heteroatoms. The van der Waals surface area contributed by atoms with Crippen molar-refractivity contribution in [3.8, 4) is 30.4 Å². The number of nitrogens with one attached hydrogen (secondary N) is 2. The summed E-state index contributed by atoms with van der Waals surface area (Å²) in [5, 5.41) is 5.49. The standard InChI is InChI=1S/C26H17N3O3/c1-5-17-7-11-21(12-8-17)28-26(31)22-15-18(6-2)16-23(32-4)24(22)29-25(30)19-9-13-20(27-3)14-10-19/h1-2,7-16H,4H3,(H,28,31)(H,29,30). The zero-order valence-electron chi connectivity index (χ0n) is 17.1. The highest BCUT2D eigenvalue weighted by molar-refractivity contribution is 6.14. The third kappa shape index (κ3) is 4.76. The smallest absolute Gasteiger partial charge is 0.257 e. The highest BCUT2D eigenvalue weighted by Gasteiger charge is 2.20. The van der Waals surface area contributed by atoms with E-state index in [2.05, 4.69) is 27.3 Å². The first kappa shape index (κ1) is 21.7. The number of carbonyl (C=O) groups is 2. The summed E-state index contributed by atoms with van der Waals surface area (Å²) in [5.74, 6) is 4.26. The number of hydrogen-bond acceptors (Lipinski definition) is 3. The number of terminal acetylenes is 2. The molecule has 0 aliphatic rings. The van der Waals surface area contributed by atoms with Gasteiger partial charge in [0.15, 0.2) is 5.69 Å². The number of nitrogens with zero attached hydrogens (tertiary/aromatic N) is 1. The van der Waals surface area contributed by atoms with Gasteiger partial charge in [0.2, 0.25) is 0 Å². The molecular formula is C26H17N3O3. The summed E-state index contributed by atoms with van der Waals surface area (Å²) in [5.41, 5.74) is 2.63. The van der Waals surface area contributed by atoms with Crippen molar-refractivity contribution in [2.45, 2.75) is 0 Å². The van der Waals surface area contributed by atoms with Gasteiger partial charge < -0.3 is 15.4 Å². The molecule has 2 N–H and O–H groups in total. The zero-order valence-corrected chi connectivity index (χ0v) is 17.1. The highest BCUT2D eigenvalue weighted by atomic mass is 16.5. The van der Waals surface area contributed by atoms with E-state index < -0.39 is 11.8 Å². The van der Waals surface area contributed by atoms with Crippen LogP contribution in [0.4, 0.5) is 17.1 Å². The van der Waals surface area contributed by atoms with Crippen LogP contribution in [0.5, 0.6) is 5.75 Å². The second-order valence-electron chi connectivity index (χ2n) is 6.53. The van der Waals surface area contributed by atoms with Gasteiger partial charge >= 0.3 is 0 Å². The van der Waals surface area contributed by atoms with Crippen molar-refractivity contribution in [3.05, 3.63) is 94.3 Å². The lowest BCUT2D eigenvalue weighted by Crippen LogP contribution is -2.19. The molecule has 3 aromatic carbocycles. The summed E-state index contributed by atoms with van der Waals surface area (Å²) in [4.78, 5) is 29.2. The van der Waals surface area contributed by atoms with E-state index in [-0.39, 0.29) is 17.0 Å². The first-order valence-electron chi connectivity index (χ1n) is 9.34. The molecule has 0 bridgehead atoms. The van der Waals surface area contributed by atoms with Crippen LogP contribution in [-0.4, -0.2) is 18.9 Å². The van der Waals surface area contributed by atoms with E-state index in [4.69, 9.17) is 24.2 Å². The van der Waals surface area contributed by atoms with E-state index in [9.17, 15) is 9.59 Å². The fraction of sp³-hybridized carbons (Fsp3) is 0.0385. The summed E-state index contributed by atoms with van der Waals surface area (Å²) in [6, 6.07) is 15.9. The van der Waals surface area contributed by atoms with Crippen molar-refractivity contribution in [2.24, 2.45) is 0 Å². The fourth-order valence-corrected chi connectivity index (χ4v) is 2.89. The summed E-state index contributed by atoms with van der Waals surface area (Å²) < 4.78 is 5.38. The third-order valence-electron chi connectivity index (χ3n) is 4.54. The summed E-state index contributed by atoms with van der Waals surface area (Å²) >= 11 is 0. The molecule has 0 aliphatic carbocycles. The molecule has 154 valence electrons. The number of rotatable bonds is 5. The molecule has 6 nitrogen and oxygen atoms in total. The van der Waals surface area contributed by atoms with Crippen molar-refractivity contribution in [2.75, 3.05) is 17.7 Å². The number of anilines is 2. The minimum absolute atomic E-state index is 0.129. The first-order chi connectivity index (χ1) is 15.5. The molecule has 0 fully saturated rings. The predicted octanol–water partition coefficient (Wildman–Crippen LogP) is 4.71. The lowest BCUT2D eigenvalue weighted by molar-refractivity contribution is 0.102. The van der Waals surface area contributed by atoms with Crippen molar-refractivity contribution >= 4 is 28.9 Å². The molecule has 0 heterocycles. The maximum atomic E-state index is 13.1. The molecule has 2 amide bonds. The Bertz CT molecular complexity index is 1300. The number of methoxy groups -OCH3 is 1. The van der Waals surface area contributed by atoms with Crippen LogP contribution in [0.25, 0.3) is 4.85 Å². The molecule has 0 spiro atoms. The van der Waals surface area contributed by atoms with Gasteiger partial charge in [-0.15, -0.1) is 12.8 Å². The fourth-order valence-electron chi connectivity index (χ4n) is 2.89. The quantitative estimate of drug-likeness (QED) is 0.465. The number of benzene rings is 3. The monoisotopic (exact) mass is 419 g/mol. The molecule has 0 saturated carbocycles. The van der Waals surface area contributed by atoms with E-state index in [0.717, 1.165) is 0 Å². The van der Waals surface area contributed by atoms with Gasteiger partial charge in [-0.1, -0.05) is 36.1 Å². The Hall–Kier alpha value is -4.99. The Morgan fingerprint density at radius 1 is 0.906 bits per heavy atom.